The Morgan fingerprint density at radius 3 is 2.67 bits per heavy atom. The zero-order valence-electron chi connectivity index (χ0n) is 11.2. The van der Waals surface area contributed by atoms with Crippen LogP contribution in [-0.2, 0) is 10.2 Å². The minimum absolute atomic E-state index is 0.0942. The van der Waals surface area contributed by atoms with Crippen LogP contribution in [0.4, 0.5) is 0 Å². The van der Waals surface area contributed by atoms with Crippen molar-refractivity contribution in [1.29, 1.82) is 0 Å². The van der Waals surface area contributed by atoms with Crippen molar-refractivity contribution in [3.05, 3.63) is 42.0 Å². The highest BCUT2D eigenvalue weighted by Gasteiger charge is 2.24. The number of carboxylic acid groups (broad SMARTS) is 1. The zero-order chi connectivity index (χ0) is 13.8. The van der Waals surface area contributed by atoms with Crippen molar-refractivity contribution in [2.45, 2.75) is 32.6 Å². The van der Waals surface area contributed by atoms with Gasteiger partial charge in [-0.05, 0) is 30.2 Å². The van der Waals surface area contributed by atoms with E-state index >= 15 is 0 Å². The summed E-state index contributed by atoms with van der Waals surface area (Å²) < 4.78 is 5.56. The number of aliphatic carboxylic acids is 1. The predicted octanol–water partition coefficient (Wildman–Crippen LogP) is 3.39. The van der Waals surface area contributed by atoms with E-state index in [2.05, 4.69) is 6.58 Å². The third-order valence-electron chi connectivity index (χ3n) is 2.69. The average Bonchev–Trinajstić information content (AvgIpc) is 2.25. The molecule has 3 heteroatoms. The molecule has 1 N–H and O–H groups in total. The number of carboxylic acids is 1. The van der Waals surface area contributed by atoms with Gasteiger partial charge in [-0.3, -0.25) is 4.79 Å². The molecule has 0 saturated heterocycles. The quantitative estimate of drug-likeness (QED) is 0.785. The van der Waals surface area contributed by atoms with E-state index in [1.54, 1.807) is 0 Å². The monoisotopic (exact) mass is 248 g/mol. The highest BCUT2D eigenvalue weighted by Crippen LogP contribution is 2.29. The number of ether oxygens (including phenoxy) is 1. The average molecular weight is 248 g/mol. The molecule has 1 aromatic rings. The predicted molar refractivity (Wildman–Crippen MR) is 72.0 cm³/mol. The van der Waals surface area contributed by atoms with Gasteiger partial charge in [0.05, 0.1) is 6.42 Å². The standard InChI is InChI=1S/C15H20O3/c1-11(2)10-18-13-7-5-6-12(8-13)15(3,4)9-14(16)17/h5-8H,1,9-10H2,2-4H3,(H,16,17). The smallest absolute Gasteiger partial charge is 0.304 e. The lowest BCUT2D eigenvalue weighted by Crippen LogP contribution is -2.21. The van der Waals surface area contributed by atoms with Gasteiger partial charge in [0.25, 0.3) is 0 Å². The number of hydrogen-bond donors (Lipinski definition) is 1. The molecule has 0 bridgehead atoms. The molecular weight excluding hydrogens is 228 g/mol. The van der Waals surface area contributed by atoms with Gasteiger partial charge in [0.15, 0.2) is 0 Å². The van der Waals surface area contributed by atoms with Crippen LogP contribution >= 0.6 is 0 Å². The summed E-state index contributed by atoms with van der Waals surface area (Å²) in [5.41, 5.74) is 1.50. The molecule has 0 fully saturated rings. The molecule has 18 heavy (non-hydrogen) atoms. The first-order chi connectivity index (χ1) is 8.31. The molecule has 0 aliphatic carbocycles. The maximum absolute atomic E-state index is 10.8. The summed E-state index contributed by atoms with van der Waals surface area (Å²) in [7, 11) is 0. The second-order valence-corrected chi connectivity index (χ2v) is 5.23. The van der Waals surface area contributed by atoms with Crippen LogP contribution in [0.15, 0.2) is 36.4 Å². The third kappa shape index (κ3) is 4.24. The van der Waals surface area contributed by atoms with Crippen LogP contribution in [0.3, 0.4) is 0 Å². The summed E-state index contributed by atoms with van der Waals surface area (Å²) in [6.07, 6.45) is 0.0942. The lowest BCUT2D eigenvalue weighted by molar-refractivity contribution is -0.138. The number of benzene rings is 1. The van der Waals surface area contributed by atoms with E-state index in [0.717, 1.165) is 16.9 Å². The van der Waals surface area contributed by atoms with E-state index in [0.29, 0.717) is 6.61 Å². The van der Waals surface area contributed by atoms with Gasteiger partial charge in [-0.15, -0.1) is 0 Å². The molecule has 98 valence electrons. The van der Waals surface area contributed by atoms with Crippen molar-refractivity contribution in [3.63, 3.8) is 0 Å². The third-order valence-corrected chi connectivity index (χ3v) is 2.69. The van der Waals surface area contributed by atoms with E-state index in [1.807, 2.05) is 45.0 Å². The van der Waals surface area contributed by atoms with Crippen LogP contribution in [0, 0.1) is 0 Å². The maximum atomic E-state index is 10.8. The first-order valence-corrected chi connectivity index (χ1v) is 5.91. The van der Waals surface area contributed by atoms with Crippen LogP contribution < -0.4 is 4.74 Å². The van der Waals surface area contributed by atoms with Crippen molar-refractivity contribution in [3.8, 4) is 5.75 Å². The Balaban J connectivity index is 2.86. The fourth-order valence-corrected chi connectivity index (χ4v) is 1.69. The molecule has 0 aliphatic rings. The molecule has 0 saturated carbocycles. The summed E-state index contributed by atoms with van der Waals surface area (Å²) in [4.78, 5) is 10.8. The second-order valence-electron chi connectivity index (χ2n) is 5.23. The molecule has 3 nitrogen and oxygen atoms in total. The van der Waals surface area contributed by atoms with Crippen molar-refractivity contribution >= 4 is 5.97 Å². The number of hydrogen-bond acceptors (Lipinski definition) is 2. The van der Waals surface area contributed by atoms with Crippen molar-refractivity contribution in [2.24, 2.45) is 0 Å². The van der Waals surface area contributed by atoms with Crippen LogP contribution in [0.2, 0.25) is 0 Å². The Hall–Kier alpha value is -1.77. The molecular formula is C15H20O3. The summed E-state index contributed by atoms with van der Waals surface area (Å²) in [6.45, 7) is 9.99. The topological polar surface area (TPSA) is 46.5 Å². The van der Waals surface area contributed by atoms with Crippen LogP contribution in [0.5, 0.6) is 5.75 Å². The van der Waals surface area contributed by atoms with Crippen molar-refractivity contribution in [1.82, 2.24) is 0 Å². The zero-order valence-corrected chi connectivity index (χ0v) is 11.2. The van der Waals surface area contributed by atoms with E-state index in [9.17, 15) is 4.79 Å². The molecule has 0 atom stereocenters. The van der Waals surface area contributed by atoms with Gasteiger partial charge in [0, 0.05) is 5.41 Å². The van der Waals surface area contributed by atoms with Gasteiger partial charge < -0.3 is 9.84 Å². The van der Waals surface area contributed by atoms with E-state index in [4.69, 9.17) is 9.84 Å². The Morgan fingerprint density at radius 1 is 1.44 bits per heavy atom. The Bertz CT molecular complexity index is 447. The molecule has 0 amide bonds. The molecule has 0 aliphatic heterocycles. The molecule has 1 rings (SSSR count). The first kappa shape index (κ1) is 14.3. The molecule has 1 aromatic carbocycles. The molecule has 0 heterocycles. The van der Waals surface area contributed by atoms with Crippen LogP contribution in [0.1, 0.15) is 32.8 Å². The highest BCUT2D eigenvalue weighted by molar-refractivity contribution is 5.69. The lowest BCUT2D eigenvalue weighted by atomic mass is 9.81. The Morgan fingerprint density at radius 2 is 2.11 bits per heavy atom. The van der Waals surface area contributed by atoms with Gasteiger partial charge >= 0.3 is 5.97 Å². The second kappa shape index (κ2) is 5.71. The minimum atomic E-state index is -0.798. The summed E-state index contributed by atoms with van der Waals surface area (Å²) in [6, 6.07) is 7.57. The summed E-state index contributed by atoms with van der Waals surface area (Å²) in [5.74, 6) is -0.0535. The van der Waals surface area contributed by atoms with Crippen LogP contribution in [0.25, 0.3) is 0 Å². The SMILES string of the molecule is C=C(C)COc1cccc(C(C)(C)CC(=O)O)c1. The van der Waals surface area contributed by atoms with Gasteiger partial charge in [-0.2, -0.15) is 0 Å². The normalized spacial score (nSPS) is 11.1. The largest absolute Gasteiger partial charge is 0.489 e. The van der Waals surface area contributed by atoms with Gasteiger partial charge in [-0.25, -0.2) is 0 Å². The van der Waals surface area contributed by atoms with Crippen LogP contribution in [-0.4, -0.2) is 17.7 Å². The van der Waals surface area contributed by atoms with Crippen molar-refractivity contribution in [2.75, 3.05) is 6.61 Å². The van der Waals surface area contributed by atoms with E-state index < -0.39 is 11.4 Å². The fourth-order valence-electron chi connectivity index (χ4n) is 1.69. The Labute approximate surface area is 108 Å². The molecule has 0 spiro atoms. The lowest BCUT2D eigenvalue weighted by Gasteiger charge is -2.23. The maximum Gasteiger partial charge on any atom is 0.304 e. The molecule has 0 radical (unpaired) electrons. The highest BCUT2D eigenvalue weighted by atomic mass is 16.5. The summed E-state index contributed by atoms with van der Waals surface area (Å²) in [5, 5.41) is 8.91. The molecule has 0 unspecified atom stereocenters. The van der Waals surface area contributed by atoms with Gasteiger partial charge in [0.1, 0.15) is 12.4 Å². The van der Waals surface area contributed by atoms with Gasteiger partial charge in [-0.1, -0.05) is 32.6 Å². The van der Waals surface area contributed by atoms with Gasteiger partial charge in [0.2, 0.25) is 0 Å². The fraction of sp³-hybridized carbons (Fsp3) is 0.400. The first-order valence-electron chi connectivity index (χ1n) is 5.91. The molecule has 0 aromatic heterocycles. The van der Waals surface area contributed by atoms with E-state index in [-0.39, 0.29) is 6.42 Å². The van der Waals surface area contributed by atoms with Crippen molar-refractivity contribution < 1.29 is 14.6 Å². The number of rotatable bonds is 6. The van der Waals surface area contributed by atoms with E-state index in [1.165, 1.54) is 0 Å². The number of carbonyl (C=O) groups is 1. The Kier molecular flexibility index (Phi) is 4.54. The summed E-state index contributed by atoms with van der Waals surface area (Å²) >= 11 is 0. The minimum Gasteiger partial charge on any atom is -0.489 e.